The topological polar surface area (TPSA) is 77.1 Å². The molecular formula is C14H23N3O2S. The van der Waals surface area contributed by atoms with Crippen LogP contribution in [0.15, 0.2) is 17.2 Å². The number of nitrogens with two attached hydrogens (primary N) is 1. The fourth-order valence-electron chi connectivity index (χ4n) is 2.85. The Hall–Kier alpha value is -0.850. The summed E-state index contributed by atoms with van der Waals surface area (Å²) in [4.78, 5) is 0.368. The molecule has 2 atom stereocenters. The standard InChI is InChI=1S/C14H23N3O2S/c1-2-3-10-6-14(10)16-20(18,19)13-7-12(8-15)17(9-13)11-4-5-11/h7,9-11,14,16H,2-6,8,15H2,1H3. The first-order valence-corrected chi connectivity index (χ1v) is 8.96. The van der Waals surface area contributed by atoms with Crippen LogP contribution in [0.4, 0.5) is 0 Å². The number of hydrogen-bond acceptors (Lipinski definition) is 3. The van der Waals surface area contributed by atoms with E-state index in [1.807, 2.05) is 4.57 Å². The van der Waals surface area contributed by atoms with Crippen molar-refractivity contribution >= 4 is 10.0 Å². The minimum atomic E-state index is -3.39. The third-order valence-electron chi connectivity index (χ3n) is 4.26. The van der Waals surface area contributed by atoms with Crippen LogP contribution >= 0.6 is 0 Å². The summed E-state index contributed by atoms with van der Waals surface area (Å²) in [5.41, 5.74) is 6.62. The van der Waals surface area contributed by atoms with Gasteiger partial charge in [-0.2, -0.15) is 0 Å². The summed E-state index contributed by atoms with van der Waals surface area (Å²) < 4.78 is 29.6. The van der Waals surface area contributed by atoms with Gasteiger partial charge in [0.2, 0.25) is 10.0 Å². The molecule has 5 nitrogen and oxygen atoms in total. The van der Waals surface area contributed by atoms with E-state index in [-0.39, 0.29) is 6.04 Å². The summed E-state index contributed by atoms with van der Waals surface area (Å²) >= 11 is 0. The zero-order valence-electron chi connectivity index (χ0n) is 11.9. The maximum atomic E-state index is 12.4. The smallest absolute Gasteiger partial charge is 0.242 e. The van der Waals surface area contributed by atoms with Gasteiger partial charge in [0.25, 0.3) is 0 Å². The van der Waals surface area contributed by atoms with Gasteiger partial charge < -0.3 is 10.3 Å². The summed E-state index contributed by atoms with van der Waals surface area (Å²) in [6.45, 7) is 2.51. The van der Waals surface area contributed by atoms with Gasteiger partial charge in [0.15, 0.2) is 0 Å². The Morgan fingerprint density at radius 1 is 1.45 bits per heavy atom. The van der Waals surface area contributed by atoms with Gasteiger partial charge in [-0.1, -0.05) is 13.3 Å². The van der Waals surface area contributed by atoms with Crippen molar-refractivity contribution in [3.63, 3.8) is 0 Å². The molecule has 0 aliphatic heterocycles. The van der Waals surface area contributed by atoms with Crippen molar-refractivity contribution in [3.05, 3.63) is 18.0 Å². The largest absolute Gasteiger partial charge is 0.346 e. The lowest BCUT2D eigenvalue weighted by Crippen LogP contribution is -2.26. The molecule has 0 spiro atoms. The van der Waals surface area contributed by atoms with Gasteiger partial charge >= 0.3 is 0 Å². The van der Waals surface area contributed by atoms with Crippen molar-refractivity contribution in [1.82, 2.24) is 9.29 Å². The first-order chi connectivity index (χ1) is 9.55. The SMILES string of the molecule is CCCC1CC1NS(=O)(=O)c1cc(CN)n(C2CC2)c1. The fraction of sp³-hybridized carbons (Fsp3) is 0.714. The monoisotopic (exact) mass is 297 g/mol. The predicted octanol–water partition coefficient (Wildman–Crippen LogP) is 1.75. The number of sulfonamides is 1. The third kappa shape index (κ3) is 2.77. The van der Waals surface area contributed by atoms with Gasteiger partial charge in [-0.15, -0.1) is 0 Å². The number of nitrogens with zero attached hydrogens (tertiary/aromatic N) is 1. The first kappa shape index (κ1) is 14.1. The molecule has 0 radical (unpaired) electrons. The van der Waals surface area contributed by atoms with Crippen LogP contribution in [-0.2, 0) is 16.6 Å². The zero-order chi connectivity index (χ0) is 14.3. The van der Waals surface area contributed by atoms with Crippen molar-refractivity contribution in [2.45, 2.75) is 62.6 Å². The first-order valence-electron chi connectivity index (χ1n) is 7.48. The maximum absolute atomic E-state index is 12.4. The minimum Gasteiger partial charge on any atom is -0.346 e. The summed E-state index contributed by atoms with van der Waals surface area (Å²) in [6.07, 6.45) is 7.17. The predicted molar refractivity (Wildman–Crippen MR) is 77.7 cm³/mol. The van der Waals surface area contributed by atoms with Crippen LogP contribution < -0.4 is 10.5 Å². The highest BCUT2D eigenvalue weighted by atomic mass is 32.2. The molecule has 1 aromatic heterocycles. The molecular weight excluding hydrogens is 274 g/mol. The van der Waals surface area contributed by atoms with Crippen molar-refractivity contribution in [1.29, 1.82) is 0 Å². The molecule has 1 aromatic rings. The molecule has 112 valence electrons. The molecule has 6 heteroatoms. The lowest BCUT2D eigenvalue weighted by Gasteiger charge is -2.04. The average Bonchev–Trinajstić information content (AvgIpc) is 3.31. The molecule has 0 aromatic carbocycles. The number of rotatable bonds is 7. The third-order valence-corrected chi connectivity index (χ3v) is 5.71. The van der Waals surface area contributed by atoms with Gasteiger partial charge in [-0.3, -0.25) is 0 Å². The maximum Gasteiger partial charge on any atom is 0.242 e. The normalized spacial score (nSPS) is 25.9. The molecule has 2 fully saturated rings. The van der Waals surface area contributed by atoms with Gasteiger partial charge in [0.05, 0.1) is 4.90 Å². The van der Waals surface area contributed by atoms with Gasteiger partial charge in [0, 0.05) is 30.5 Å². The highest BCUT2D eigenvalue weighted by Crippen LogP contribution is 2.38. The van der Waals surface area contributed by atoms with Gasteiger partial charge in [0.1, 0.15) is 0 Å². The van der Waals surface area contributed by atoms with Crippen LogP contribution in [-0.4, -0.2) is 19.0 Å². The van der Waals surface area contributed by atoms with E-state index in [4.69, 9.17) is 5.73 Å². The van der Waals surface area contributed by atoms with E-state index in [0.29, 0.717) is 23.4 Å². The Bertz CT molecular complexity index is 590. The Morgan fingerprint density at radius 2 is 2.20 bits per heavy atom. The van der Waals surface area contributed by atoms with Crippen LogP contribution in [0.3, 0.4) is 0 Å². The van der Waals surface area contributed by atoms with E-state index in [9.17, 15) is 8.42 Å². The molecule has 0 bridgehead atoms. The summed E-state index contributed by atoms with van der Waals surface area (Å²) in [5, 5.41) is 0. The quantitative estimate of drug-likeness (QED) is 0.805. The number of hydrogen-bond donors (Lipinski definition) is 2. The van der Waals surface area contributed by atoms with E-state index in [2.05, 4.69) is 11.6 Å². The summed E-state index contributed by atoms with van der Waals surface area (Å²) in [5.74, 6) is 0.522. The van der Waals surface area contributed by atoms with Crippen molar-refractivity contribution in [2.75, 3.05) is 0 Å². The zero-order valence-corrected chi connectivity index (χ0v) is 12.7. The Balaban J connectivity index is 1.74. The molecule has 0 saturated heterocycles. The molecule has 20 heavy (non-hydrogen) atoms. The van der Waals surface area contributed by atoms with Gasteiger partial charge in [-0.25, -0.2) is 13.1 Å². The molecule has 3 N–H and O–H groups in total. The highest BCUT2D eigenvalue weighted by Gasteiger charge is 2.39. The lowest BCUT2D eigenvalue weighted by molar-refractivity contribution is 0.572. The van der Waals surface area contributed by atoms with E-state index in [0.717, 1.165) is 37.8 Å². The van der Waals surface area contributed by atoms with Crippen molar-refractivity contribution < 1.29 is 8.42 Å². The second-order valence-electron chi connectivity index (χ2n) is 6.02. The van der Waals surface area contributed by atoms with Crippen LogP contribution in [0.25, 0.3) is 0 Å². The van der Waals surface area contributed by atoms with Crippen molar-refractivity contribution in [2.24, 2.45) is 11.7 Å². The molecule has 2 saturated carbocycles. The van der Waals surface area contributed by atoms with E-state index in [1.165, 1.54) is 0 Å². The Labute approximate surface area is 120 Å². The van der Waals surface area contributed by atoms with E-state index >= 15 is 0 Å². The Morgan fingerprint density at radius 3 is 2.80 bits per heavy atom. The molecule has 2 aliphatic rings. The highest BCUT2D eigenvalue weighted by molar-refractivity contribution is 7.89. The van der Waals surface area contributed by atoms with Crippen LogP contribution in [0.1, 0.15) is 50.8 Å². The number of aromatic nitrogens is 1. The van der Waals surface area contributed by atoms with Crippen LogP contribution in [0, 0.1) is 5.92 Å². The van der Waals surface area contributed by atoms with Gasteiger partial charge in [-0.05, 0) is 37.7 Å². The molecule has 0 amide bonds. The molecule has 2 unspecified atom stereocenters. The minimum absolute atomic E-state index is 0.130. The van der Waals surface area contributed by atoms with Crippen molar-refractivity contribution in [3.8, 4) is 0 Å². The molecule has 3 rings (SSSR count). The molecule has 1 heterocycles. The second kappa shape index (κ2) is 5.16. The van der Waals surface area contributed by atoms with Crippen LogP contribution in [0.2, 0.25) is 0 Å². The summed E-state index contributed by atoms with van der Waals surface area (Å²) in [7, 11) is -3.39. The number of nitrogens with one attached hydrogen (secondary N) is 1. The van der Waals surface area contributed by atoms with E-state index in [1.54, 1.807) is 12.3 Å². The fourth-order valence-corrected chi connectivity index (χ4v) is 4.22. The average molecular weight is 297 g/mol. The van der Waals surface area contributed by atoms with Crippen LogP contribution in [0.5, 0.6) is 0 Å². The lowest BCUT2D eigenvalue weighted by atomic mass is 10.2. The molecule has 2 aliphatic carbocycles. The summed E-state index contributed by atoms with van der Waals surface area (Å²) in [6, 6.07) is 2.30. The van der Waals surface area contributed by atoms with E-state index < -0.39 is 10.0 Å². The second-order valence-corrected chi connectivity index (χ2v) is 7.74. The Kier molecular flexibility index (Phi) is 3.64.